The van der Waals surface area contributed by atoms with Crippen molar-refractivity contribution in [1.29, 1.82) is 0 Å². The fourth-order valence-corrected chi connectivity index (χ4v) is 5.63. The van der Waals surface area contributed by atoms with Crippen molar-refractivity contribution in [1.82, 2.24) is 0 Å². The van der Waals surface area contributed by atoms with E-state index >= 15 is 0 Å². The lowest BCUT2D eigenvalue weighted by Crippen LogP contribution is -2.22. The van der Waals surface area contributed by atoms with Gasteiger partial charge in [-0.1, -0.05) is 72.8 Å². The van der Waals surface area contributed by atoms with Gasteiger partial charge in [-0.2, -0.15) is 0 Å². The maximum absolute atomic E-state index is 2.37. The van der Waals surface area contributed by atoms with E-state index in [1.165, 1.54) is 29.9 Å². The third-order valence-electron chi connectivity index (χ3n) is 3.68. The third-order valence-corrected chi connectivity index (χ3v) is 6.58. The molecule has 0 radical (unpaired) electrons. The van der Waals surface area contributed by atoms with Gasteiger partial charge in [-0.25, -0.2) is 0 Å². The molecule has 1 aliphatic rings. The van der Waals surface area contributed by atoms with Crippen LogP contribution in [0.4, 0.5) is 0 Å². The Kier molecular flexibility index (Phi) is 4.10. The molecular formula is C18H19P. The number of allylic oxidation sites excluding steroid dienone is 2. The predicted octanol–water partition coefficient (Wildman–Crippen LogP) is 4.23. The molecule has 2 aromatic carbocycles. The highest BCUT2D eigenvalue weighted by molar-refractivity contribution is 7.73. The molecule has 1 atom stereocenters. The number of hydrogen-bond donors (Lipinski definition) is 0. The largest absolute Gasteiger partial charge is 0.0885 e. The molecular weight excluding hydrogens is 247 g/mol. The highest BCUT2D eigenvalue weighted by Crippen LogP contribution is 2.44. The molecule has 0 fully saturated rings. The summed E-state index contributed by atoms with van der Waals surface area (Å²) in [6, 6.07) is 22.1. The average Bonchev–Trinajstić information content (AvgIpc) is 2.51. The van der Waals surface area contributed by atoms with Crippen LogP contribution in [0.1, 0.15) is 19.3 Å². The van der Waals surface area contributed by atoms with Crippen LogP contribution in [-0.4, -0.2) is 5.66 Å². The maximum atomic E-state index is 2.37. The molecule has 96 valence electrons. The topological polar surface area (TPSA) is 0 Å². The van der Waals surface area contributed by atoms with Gasteiger partial charge in [0, 0.05) is 0 Å². The zero-order valence-corrected chi connectivity index (χ0v) is 12.0. The van der Waals surface area contributed by atoms with E-state index in [4.69, 9.17) is 0 Å². The van der Waals surface area contributed by atoms with Gasteiger partial charge in [0.25, 0.3) is 0 Å². The highest BCUT2D eigenvalue weighted by Gasteiger charge is 2.24. The van der Waals surface area contributed by atoms with Crippen molar-refractivity contribution in [3.05, 3.63) is 72.8 Å². The summed E-state index contributed by atoms with van der Waals surface area (Å²) in [4.78, 5) is 0. The monoisotopic (exact) mass is 266 g/mol. The Morgan fingerprint density at radius 2 is 1.32 bits per heavy atom. The SMILES string of the molecule is C1=CCC(P(c2ccccc2)c2ccccc2)CC1. The van der Waals surface area contributed by atoms with Crippen LogP contribution in [0.5, 0.6) is 0 Å². The minimum Gasteiger partial charge on any atom is -0.0885 e. The summed E-state index contributed by atoms with van der Waals surface area (Å²) < 4.78 is 0. The minimum absolute atomic E-state index is 0.220. The first kappa shape index (κ1) is 12.6. The van der Waals surface area contributed by atoms with Gasteiger partial charge in [0.1, 0.15) is 0 Å². The lowest BCUT2D eigenvalue weighted by molar-refractivity contribution is 0.743. The molecule has 2 aromatic rings. The van der Waals surface area contributed by atoms with Crippen LogP contribution in [-0.2, 0) is 0 Å². The normalized spacial score (nSPS) is 18.7. The molecule has 0 heterocycles. The molecule has 0 spiro atoms. The first-order chi connectivity index (χ1) is 9.45. The van der Waals surface area contributed by atoms with Crippen LogP contribution < -0.4 is 10.6 Å². The molecule has 0 aromatic heterocycles. The number of benzene rings is 2. The predicted molar refractivity (Wildman–Crippen MR) is 85.9 cm³/mol. The molecule has 0 nitrogen and oxygen atoms in total. The Balaban J connectivity index is 1.98. The Bertz CT molecular complexity index is 491. The number of rotatable bonds is 3. The molecule has 19 heavy (non-hydrogen) atoms. The fourth-order valence-electron chi connectivity index (χ4n) is 2.76. The van der Waals surface area contributed by atoms with Gasteiger partial charge in [0.15, 0.2) is 0 Å². The Hall–Kier alpha value is -1.39. The maximum Gasteiger partial charge on any atom is -0.00913 e. The summed E-state index contributed by atoms with van der Waals surface area (Å²) in [5.74, 6) is 0. The second-order valence-corrected chi connectivity index (χ2v) is 7.48. The van der Waals surface area contributed by atoms with Crippen molar-refractivity contribution in [2.24, 2.45) is 0 Å². The third kappa shape index (κ3) is 2.96. The molecule has 0 N–H and O–H groups in total. The Morgan fingerprint density at radius 3 is 1.79 bits per heavy atom. The molecule has 0 aliphatic heterocycles. The standard InChI is InChI=1S/C18H19P/c1-4-10-16(11-5-1)19(17-12-6-2-7-13-17)18-14-8-3-9-15-18/h1-8,10-13,18H,9,14-15H2. The van der Waals surface area contributed by atoms with E-state index in [0.29, 0.717) is 0 Å². The molecule has 0 bridgehead atoms. The summed E-state index contributed by atoms with van der Waals surface area (Å²) in [6.45, 7) is 0. The van der Waals surface area contributed by atoms with Crippen molar-refractivity contribution in [3.63, 3.8) is 0 Å². The quantitative estimate of drug-likeness (QED) is 0.576. The zero-order chi connectivity index (χ0) is 12.9. The molecule has 0 saturated heterocycles. The van der Waals surface area contributed by atoms with E-state index in [1.54, 1.807) is 0 Å². The summed E-state index contributed by atoms with van der Waals surface area (Å²) >= 11 is 0. The second-order valence-electron chi connectivity index (χ2n) is 4.98. The lowest BCUT2D eigenvalue weighted by atomic mass is 10.1. The molecule has 1 aliphatic carbocycles. The van der Waals surface area contributed by atoms with Gasteiger partial charge < -0.3 is 0 Å². The average molecular weight is 266 g/mol. The van der Waals surface area contributed by atoms with Gasteiger partial charge in [0.05, 0.1) is 0 Å². The van der Waals surface area contributed by atoms with E-state index in [2.05, 4.69) is 72.8 Å². The van der Waals surface area contributed by atoms with Gasteiger partial charge in [-0.05, 0) is 43.5 Å². The van der Waals surface area contributed by atoms with E-state index in [1.807, 2.05) is 0 Å². The zero-order valence-electron chi connectivity index (χ0n) is 11.1. The second kappa shape index (κ2) is 6.17. The molecule has 0 amide bonds. The minimum atomic E-state index is -0.220. The van der Waals surface area contributed by atoms with Crippen LogP contribution >= 0.6 is 7.92 Å². The molecule has 1 unspecified atom stereocenters. The number of hydrogen-bond acceptors (Lipinski definition) is 0. The van der Waals surface area contributed by atoms with Crippen molar-refractivity contribution in [2.75, 3.05) is 0 Å². The molecule has 0 saturated carbocycles. The summed E-state index contributed by atoms with van der Waals surface area (Å²) in [5, 5.41) is 3.04. The smallest absolute Gasteiger partial charge is 0.00913 e. The molecule has 3 rings (SSSR count). The van der Waals surface area contributed by atoms with E-state index in [-0.39, 0.29) is 7.92 Å². The van der Waals surface area contributed by atoms with E-state index in [0.717, 1.165) is 5.66 Å². The van der Waals surface area contributed by atoms with Gasteiger partial charge in [-0.15, -0.1) is 0 Å². The van der Waals surface area contributed by atoms with Gasteiger partial charge >= 0.3 is 0 Å². The van der Waals surface area contributed by atoms with Crippen LogP contribution in [0.3, 0.4) is 0 Å². The lowest BCUT2D eigenvalue weighted by Gasteiger charge is -2.29. The van der Waals surface area contributed by atoms with Crippen LogP contribution in [0.2, 0.25) is 0 Å². The Morgan fingerprint density at radius 1 is 0.737 bits per heavy atom. The fraction of sp³-hybridized carbons (Fsp3) is 0.222. The van der Waals surface area contributed by atoms with E-state index < -0.39 is 0 Å². The summed E-state index contributed by atoms with van der Waals surface area (Å²) in [6.07, 6.45) is 8.50. The van der Waals surface area contributed by atoms with Gasteiger partial charge in [-0.3, -0.25) is 0 Å². The van der Waals surface area contributed by atoms with Crippen LogP contribution in [0.15, 0.2) is 72.8 Å². The first-order valence-corrected chi connectivity index (χ1v) is 8.40. The molecule has 1 heteroatoms. The van der Waals surface area contributed by atoms with E-state index in [9.17, 15) is 0 Å². The van der Waals surface area contributed by atoms with Crippen molar-refractivity contribution < 1.29 is 0 Å². The van der Waals surface area contributed by atoms with Gasteiger partial charge in [0.2, 0.25) is 0 Å². The Labute approximate surface area is 116 Å². The van der Waals surface area contributed by atoms with Crippen LogP contribution in [0, 0.1) is 0 Å². The summed E-state index contributed by atoms with van der Waals surface area (Å²) in [5.41, 5.74) is 0.796. The van der Waals surface area contributed by atoms with Crippen molar-refractivity contribution in [2.45, 2.75) is 24.9 Å². The van der Waals surface area contributed by atoms with Crippen LogP contribution in [0.25, 0.3) is 0 Å². The highest BCUT2D eigenvalue weighted by atomic mass is 31.1. The summed E-state index contributed by atoms with van der Waals surface area (Å²) in [7, 11) is -0.220. The van der Waals surface area contributed by atoms with Crippen molar-refractivity contribution >= 4 is 18.5 Å². The first-order valence-electron chi connectivity index (χ1n) is 6.99. The van der Waals surface area contributed by atoms with Crippen molar-refractivity contribution in [3.8, 4) is 0 Å².